The monoisotopic (exact) mass is 558 g/mol. The fourth-order valence-electron chi connectivity index (χ4n) is 3.61. The molecular formula is C25H24F2N6O3S2. The number of methoxy groups -OCH3 is 1. The molecule has 1 unspecified atom stereocenters. The summed E-state index contributed by atoms with van der Waals surface area (Å²) < 4.78 is 37.9. The highest BCUT2D eigenvalue weighted by Gasteiger charge is 2.26. The lowest BCUT2D eigenvalue weighted by Crippen LogP contribution is -2.51. The first-order chi connectivity index (χ1) is 18.2. The zero-order chi connectivity index (χ0) is 27.2. The average molecular weight is 559 g/mol. The summed E-state index contributed by atoms with van der Waals surface area (Å²) in [5.41, 5.74) is 3.91. The summed E-state index contributed by atoms with van der Waals surface area (Å²) in [6, 6.07) is 10.0. The summed E-state index contributed by atoms with van der Waals surface area (Å²) >= 11 is 2.44. The van der Waals surface area contributed by atoms with Crippen LogP contribution in [-0.2, 0) is 11.2 Å². The van der Waals surface area contributed by atoms with Crippen molar-refractivity contribution in [2.24, 2.45) is 0 Å². The number of ether oxygens (including phenoxy) is 1. The molecule has 9 nitrogen and oxygen atoms in total. The van der Waals surface area contributed by atoms with E-state index in [1.165, 1.54) is 23.3 Å². The van der Waals surface area contributed by atoms with Crippen molar-refractivity contribution in [1.82, 2.24) is 20.0 Å². The van der Waals surface area contributed by atoms with Gasteiger partial charge in [-0.1, -0.05) is 0 Å². The third-order valence-electron chi connectivity index (χ3n) is 5.57. The maximum atomic E-state index is 13.8. The Hall–Kier alpha value is -3.97. The van der Waals surface area contributed by atoms with Crippen LogP contribution in [0.2, 0.25) is 0 Å². The minimum atomic E-state index is -1.12. The van der Waals surface area contributed by atoms with Crippen LogP contribution in [0.3, 0.4) is 0 Å². The molecule has 198 valence electrons. The summed E-state index contributed by atoms with van der Waals surface area (Å²) in [4.78, 5) is 36.0. The number of likely N-dealkylation sites (N-methyl/N-ethyl adjacent to an activating group) is 1. The van der Waals surface area contributed by atoms with Gasteiger partial charge in [0.05, 0.1) is 46.9 Å². The van der Waals surface area contributed by atoms with Crippen molar-refractivity contribution >= 4 is 57.0 Å². The Morgan fingerprint density at radius 1 is 1.05 bits per heavy atom. The number of rotatable bonds is 9. The number of nitrogens with one attached hydrogen (secondary N) is 2. The van der Waals surface area contributed by atoms with E-state index < -0.39 is 29.6 Å². The second-order valence-electron chi connectivity index (χ2n) is 8.16. The van der Waals surface area contributed by atoms with E-state index in [0.29, 0.717) is 17.3 Å². The predicted molar refractivity (Wildman–Crippen MR) is 145 cm³/mol. The molecule has 2 N–H and O–H groups in total. The van der Waals surface area contributed by atoms with Crippen molar-refractivity contribution in [2.45, 2.75) is 12.5 Å². The largest absolute Gasteiger partial charge is 0.481 e. The third-order valence-corrected chi connectivity index (χ3v) is 7.14. The van der Waals surface area contributed by atoms with Gasteiger partial charge < -0.3 is 19.3 Å². The molecule has 2 aromatic heterocycles. The number of amides is 3. The predicted octanol–water partition coefficient (Wildman–Crippen LogP) is 4.55. The zero-order valence-electron chi connectivity index (χ0n) is 20.6. The molecule has 0 saturated heterocycles. The quantitative estimate of drug-likeness (QED) is 0.291. The van der Waals surface area contributed by atoms with Gasteiger partial charge in [-0.15, -0.1) is 11.3 Å². The van der Waals surface area contributed by atoms with Crippen molar-refractivity contribution in [3.63, 3.8) is 0 Å². The van der Waals surface area contributed by atoms with Gasteiger partial charge in [-0.2, -0.15) is 0 Å². The van der Waals surface area contributed by atoms with Gasteiger partial charge in [-0.05, 0) is 42.0 Å². The molecule has 2 aromatic carbocycles. The molecule has 3 amide bonds. The lowest BCUT2D eigenvalue weighted by molar-refractivity contribution is -0.120. The molecule has 38 heavy (non-hydrogen) atoms. The van der Waals surface area contributed by atoms with Crippen LogP contribution in [0, 0.1) is 11.6 Å². The summed E-state index contributed by atoms with van der Waals surface area (Å²) in [6.45, 7) is 0. The maximum Gasteiger partial charge on any atom is 0.326 e. The standard InChI is InChI=1S/C25H24F2N6O3S2/c1-32(18-4-6-22-20(12-18)29-14-37-22)24(34)21(10-15-8-16(26)11-17(27)9-15)30-25(35)31-38-33(2)19-5-7-23(36-3)28-13-19/h4-9,11-14,21H,10H2,1-3H3,(H2,30,31,35). The molecule has 0 bridgehead atoms. The van der Waals surface area contributed by atoms with Crippen molar-refractivity contribution < 1.29 is 23.1 Å². The number of thiazole rings is 1. The van der Waals surface area contributed by atoms with Gasteiger partial charge in [-0.3, -0.25) is 9.52 Å². The van der Waals surface area contributed by atoms with Crippen LogP contribution >= 0.6 is 23.5 Å². The normalized spacial score (nSPS) is 11.6. The smallest absolute Gasteiger partial charge is 0.326 e. The molecule has 2 heterocycles. The van der Waals surface area contributed by atoms with Crippen LogP contribution in [0.1, 0.15) is 5.56 Å². The number of urea groups is 1. The van der Waals surface area contributed by atoms with Crippen molar-refractivity contribution in [2.75, 3.05) is 30.4 Å². The molecule has 0 aliphatic heterocycles. The summed E-state index contributed by atoms with van der Waals surface area (Å²) in [7, 11) is 4.79. The molecule has 13 heteroatoms. The molecule has 0 saturated carbocycles. The molecule has 0 spiro atoms. The number of benzene rings is 2. The van der Waals surface area contributed by atoms with E-state index >= 15 is 0 Å². The molecule has 0 aliphatic carbocycles. The molecule has 1 atom stereocenters. The highest BCUT2D eigenvalue weighted by Crippen LogP contribution is 2.24. The number of anilines is 2. The van der Waals surface area contributed by atoms with Crippen molar-refractivity contribution in [3.8, 4) is 5.88 Å². The first kappa shape index (κ1) is 27.1. The zero-order valence-corrected chi connectivity index (χ0v) is 22.3. The van der Waals surface area contributed by atoms with E-state index in [4.69, 9.17) is 4.74 Å². The second-order valence-corrected chi connectivity index (χ2v) is 9.98. The molecule has 0 radical (unpaired) electrons. The number of hydrogen-bond acceptors (Lipinski definition) is 8. The number of fused-ring (bicyclic) bond motifs is 1. The number of carbonyl (C=O) groups is 2. The van der Waals surface area contributed by atoms with Crippen LogP contribution in [-0.4, -0.2) is 49.2 Å². The maximum absolute atomic E-state index is 13.8. The van der Waals surface area contributed by atoms with E-state index in [-0.39, 0.29) is 12.0 Å². The number of hydrogen-bond donors (Lipinski definition) is 2. The number of nitrogens with zero attached hydrogens (tertiary/aromatic N) is 4. The van der Waals surface area contributed by atoms with Gasteiger partial charge in [0, 0.05) is 38.3 Å². The van der Waals surface area contributed by atoms with Crippen LogP contribution in [0.5, 0.6) is 5.88 Å². The Morgan fingerprint density at radius 2 is 1.79 bits per heavy atom. The Labute approximate surface area is 226 Å². The Kier molecular flexibility index (Phi) is 8.59. The van der Waals surface area contributed by atoms with Gasteiger partial charge in [0.2, 0.25) is 11.8 Å². The second kappa shape index (κ2) is 12.0. The molecule has 0 fully saturated rings. The first-order valence-electron chi connectivity index (χ1n) is 11.3. The topological polar surface area (TPSA) is 99.7 Å². The SMILES string of the molecule is COc1ccc(N(C)SNC(=O)NC(Cc2cc(F)cc(F)c2)C(=O)N(C)c2ccc3scnc3c2)cn1. The Bertz CT molecular complexity index is 1420. The van der Waals surface area contributed by atoms with Crippen LogP contribution < -0.4 is 24.0 Å². The Morgan fingerprint density at radius 3 is 2.47 bits per heavy atom. The summed E-state index contributed by atoms with van der Waals surface area (Å²) in [6.07, 6.45) is 1.44. The van der Waals surface area contributed by atoms with Gasteiger partial charge in [0.15, 0.2) is 0 Å². The number of aromatic nitrogens is 2. The third kappa shape index (κ3) is 6.66. The average Bonchev–Trinajstić information content (AvgIpc) is 3.38. The molecule has 0 aliphatic rings. The van der Waals surface area contributed by atoms with Crippen LogP contribution in [0.25, 0.3) is 10.2 Å². The van der Waals surface area contributed by atoms with E-state index in [1.54, 1.807) is 54.4 Å². The van der Waals surface area contributed by atoms with Crippen LogP contribution in [0.4, 0.5) is 25.0 Å². The summed E-state index contributed by atoms with van der Waals surface area (Å²) in [5.74, 6) is -1.57. The van der Waals surface area contributed by atoms with Crippen LogP contribution in [0.15, 0.2) is 60.2 Å². The van der Waals surface area contributed by atoms with E-state index in [0.717, 1.165) is 40.5 Å². The van der Waals surface area contributed by atoms with Crippen molar-refractivity contribution in [1.29, 1.82) is 0 Å². The minimum absolute atomic E-state index is 0.132. The fourth-order valence-corrected chi connectivity index (χ4v) is 4.76. The van der Waals surface area contributed by atoms with Gasteiger partial charge in [-0.25, -0.2) is 23.5 Å². The van der Waals surface area contributed by atoms with Gasteiger partial charge in [0.1, 0.15) is 17.7 Å². The lowest BCUT2D eigenvalue weighted by Gasteiger charge is -2.25. The Balaban J connectivity index is 1.48. The number of pyridine rings is 1. The molecule has 4 aromatic rings. The highest BCUT2D eigenvalue weighted by molar-refractivity contribution is 7.99. The lowest BCUT2D eigenvalue weighted by atomic mass is 10.0. The first-order valence-corrected chi connectivity index (χ1v) is 12.9. The molecule has 4 rings (SSSR count). The van der Waals surface area contributed by atoms with Gasteiger partial charge in [0.25, 0.3) is 0 Å². The van der Waals surface area contributed by atoms with Crippen molar-refractivity contribution in [3.05, 3.63) is 77.4 Å². The molecular weight excluding hydrogens is 534 g/mol. The number of halogens is 2. The highest BCUT2D eigenvalue weighted by atomic mass is 32.2. The van der Waals surface area contributed by atoms with E-state index in [9.17, 15) is 18.4 Å². The number of carbonyl (C=O) groups excluding carboxylic acids is 2. The van der Waals surface area contributed by atoms with Gasteiger partial charge >= 0.3 is 6.03 Å². The van der Waals surface area contributed by atoms with E-state index in [1.807, 2.05) is 6.07 Å². The summed E-state index contributed by atoms with van der Waals surface area (Å²) in [5, 5.41) is 2.63. The van der Waals surface area contributed by atoms with E-state index in [2.05, 4.69) is 20.0 Å². The fraction of sp³-hybridized carbons (Fsp3) is 0.200. The minimum Gasteiger partial charge on any atom is -0.481 e.